The van der Waals surface area contributed by atoms with Gasteiger partial charge in [-0.3, -0.25) is 4.89 Å². The minimum absolute atomic E-state index is 0.0173. The summed E-state index contributed by atoms with van der Waals surface area (Å²) in [5, 5.41) is 4.11. The zero-order valence-electron chi connectivity index (χ0n) is 14.1. The van der Waals surface area contributed by atoms with Gasteiger partial charge in [0.05, 0.1) is 17.2 Å². The average Bonchev–Trinajstić information content (AvgIpc) is 2.59. The highest BCUT2D eigenvalue weighted by Gasteiger charge is 2.12. The zero-order chi connectivity index (χ0) is 17.6. The molecule has 0 aromatic heterocycles. The highest BCUT2D eigenvalue weighted by atomic mass is 17.5. The fraction of sp³-hybridized carbons (Fsp3) is 0.529. The van der Waals surface area contributed by atoms with Crippen molar-refractivity contribution in [3.8, 4) is 0 Å². The Balaban J connectivity index is 2.23. The first-order valence-electron chi connectivity index (χ1n) is 8.06. The summed E-state index contributed by atoms with van der Waals surface area (Å²) in [5.41, 5.74) is 1.44. The monoisotopic (exact) mass is 340 g/mol. The van der Waals surface area contributed by atoms with E-state index in [1.165, 1.54) is 6.42 Å². The van der Waals surface area contributed by atoms with E-state index in [1.807, 2.05) is 19.1 Å². The molecule has 1 aromatic rings. The lowest BCUT2D eigenvalue weighted by atomic mass is 10.1. The first kappa shape index (κ1) is 19.9. The van der Waals surface area contributed by atoms with Crippen LogP contribution >= 0.6 is 0 Å². The molecule has 0 fully saturated rings. The van der Waals surface area contributed by atoms with Crippen LogP contribution in [-0.2, 0) is 30.7 Å². The maximum Gasteiger partial charge on any atom is 0.543 e. The van der Waals surface area contributed by atoms with E-state index in [2.05, 4.69) is 26.5 Å². The van der Waals surface area contributed by atoms with Gasteiger partial charge in [0.15, 0.2) is 0 Å². The summed E-state index contributed by atoms with van der Waals surface area (Å²) in [5.74, 6) is -0.766. The van der Waals surface area contributed by atoms with Crippen molar-refractivity contribution in [3.63, 3.8) is 0 Å². The van der Waals surface area contributed by atoms with Crippen LogP contribution in [0.15, 0.2) is 24.3 Å². The molecule has 0 heterocycles. The van der Waals surface area contributed by atoms with Gasteiger partial charge in [-0.25, -0.2) is 14.5 Å². The Morgan fingerprint density at radius 1 is 0.958 bits per heavy atom. The van der Waals surface area contributed by atoms with Gasteiger partial charge in [-0.2, -0.15) is 0 Å². The number of benzene rings is 1. The molecule has 0 amide bonds. The number of ether oxygens (including phenoxy) is 2. The Hall–Kier alpha value is -2.12. The highest BCUT2D eigenvalue weighted by molar-refractivity contribution is 5.88. The van der Waals surface area contributed by atoms with Gasteiger partial charge in [-0.15, -0.1) is 0 Å². The molecular weight excluding hydrogens is 316 g/mol. The van der Waals surface area contributed by atoms with E-state index in [4.69, 9.17) is 4.74 Å². The molecule has 0 unspecified atom stereocenters. The third kappa shape index (κ3) is 8.50. The van der Waals surface area contributed by atoms with Crippen LogP contribution in [0, 0.1) is 0 Å². The lowest BCUT2D eigenvalue weighted by Crippen LogP contribution is -2.14. The first-order chi connectivity index (χ1) is 11.7. The third-order valence-corrected chi connectivity index (χ3v) is 3.12. The lowest BCUT2D eigenvalue weighted by Gasteiger charge is -2.05. The van der Waals surface area contributed by atoms with E-state index in [1.54, 1.807) is 12.1 Å². The summed E-state index contributed by atoms with van der Waals surface area (Å²) in [6, 6.07) is 6.98. The molecule has 1 aromatic carbocycles. The number of carbonyl (C=O) groups is 2. The second-order valence-corrected chi connectivity index (χ2v) is 4.97. The second-order valence-electron chi connectivity index (χ2n) is 4.97. The molecule has 0 radical (unpaired) electrons. The third-order valence-electron chi connectivity index (χ3n) is 3.12. The molecule has 7 nitrogen and oxygen atoms in total. The van der Waals surface area contributed by atoms with Gasteiger partial charge in [0.25, 0.3) is 0 Å². The van der Waals surface area contributed by atoms with Crippen LogP contribution in [0.25, 0.3) is 0 Å². The van der Waals surface area contributed by atoms with Crippen molar-refractivity contribution < 1.29 is 33.9 Å². The minimum Gasteiger partial charge on any atom is -0.430 e. The molecule has 0 saturated carbocycles. The number of unbranched alkanes of at least 4 members (excludes halogenated alkanes) is 2. The fourth-order valence-corrected chi connectivity index (χ4v) is 1.86. The summed E-state index contributed by atoms with van der Waals surface area (Å²) in [7, 11) is 0. The van der Waals surface area contributed by atoms with Crippen molar-refractivity contribution in [1.29, 1.82) is 0 Å². The summed E-state index contributed by atoms with van der Waals surface area (Å²) < 4.78 is 9.56. The molecule has 0 N–H and O–H groups in total. The Morgan fingerprint density at radius 3 is 2.38 bits per heavy atom. The van der Waals surface area contributed by atoms with Gasteiger partial charge >= 0.3 is 12.1 Å². The number of carbonyl (C=O) groups excluding carboxylic acids is 2. The lowest BCUT2D eigenvalue weighted by molar-refractivity contribution is -0.452. The van der Waals surface area contributed by atoms with E-state index in [0.29, 0.717) is 12.2 Å². The maximum atomic E-state index is 11.7. The molecule has 0 atom stereocenters. The van der Waals surface area contributed by atoms with Crippen molar-refractivity contribution in [2.75, 3.05) is 19.8 Å². The number of rotatable bonds is 11. The molecule has 0 spiro atoms. The van der Waals surface area contributed by atoms with E-state index < -0.39 is 12.1 Å². The Bertz CT molecular complexity index is 484. The van der Waals surface area contributed by atoms with Gasteiger partial charge in [0, 0.05) is 6.61 Å². The molecule has 0 aliphatic heterocycles. The van der Waals surface area contributed by atoms with Crippen molar-refractivity contribution in [2.45, 2.75) is 39.5 Å². The molecule has 24 heavy (non-hydrogen) atoms. The largest absolute Gasteiger partial charge is 0.543 e. The van der Waals surface area contributed by atoms with Crippen LogP contribution in [0.4, 0.5) is 4.79 Å². The standard InChI is InChI=1S/C17H24O7/c1-3-5-6-7-14-8-10-15(11-9-14)16(18)22-24-23-17(19)21-13-12-20-4-2/h8-11H,3-7,12-13H2,1-2H3. The molecule has 1 rings (SSSR count). The van der Waals surface area contributed by atoms with Crippen molar-refractivity contribution in [1.82, 2.24) is 0 Å². The molecule has 0 bridgehead atoms. The van der Waals surface area contributed by atoms with Gasteiger partial charge in [0.2, 0.25) is 0 Å². The zero-order valence-corrected chi connectivity index (χ0v) is 14.1. The normalized spacial score (nSPS) is 10.2. The first-order valence-corrected chi connectivity index (χ1v) is 8.06. The summed E-state index contributed by atoms with van der Waals surface area (Å²) in [6.07, 6.45) is 3.30. The van der Waals surface area contributed by atoms with Crippen LogP contribution in [0.1, 0.15) is 49.0 Å². The Labute approximate surface area is 141 Å². The van der Waals surface area contributed by atoms with Gasteiger partial charge in [-0.1, -0.05) is 31.9 Å². The molecule has 0 saturated heterocycles. The van der Waals surface area contributed by atoms with E-state index in [-0.39, 0.29) is 13.2 Å². The highest BCUT2D eigenvalue weighted by Crippen LogP contribution is 2.10. The quantitative estimate of drug-likeness (QED) is 0.263. The molecule has 134 valence electrons. The van der Waals surface area contributed by atoms with Crippen LogP contribution in [0.2, 0.25) is 0 Å². The van der Waals surface area contributed by atoms with E-state index in [0.717, 1.165) is 24.8 Å². The SMILES string of the molecule is CCCCCc1ccc(C(=O)OOOC(=O)OCCOCC)cc1. The smallest absolute Gasteiger partial charge is 0.430 e. The average molecular weight is 340 g/mol. The molecular formula is C17H24O7. The van der Waals surface area contributed by atoms with Crippen LogP contribution in [-0.4, -0.2) is 31.9 Å². The van der Waals surface area contributed by atoms with Crippen LogP contribution in [0.3, 0.4) is 0 Å². The number of aryl methyl sites for hydroxylation is 1. The van der Waals surface area contributed by atoms with E-state index >= 15 is 0 Å². The summed E-state index contributed by atoms with van der Waals surface area (Å²) in [4.78, 5) is 31.3. The van der Waals surface area contributed by atoms with Gasteiger partial charge in [0.1, 0.15) is 6.61 Å². The summed E-state index contributed by atoms with van der Waals surface area (Å²) in [6.45, 7) is 4.75. The minimum atomic E-state index is -1.12. The topological polar surface area (TPSA) is 80.3 Å². The molecule has 7 heteroatoms. The van der Waals surface area contributed by atoms with Crippen molar-refractivity contribution in [2.24, 2.45) is 0 Å². The van der Waals surface area contributed by atoms with Crippen molar-refractivity contribution >= 4 is 12.1 Å². The maximum absolute atomic E-state index is 11.7. The predicted molar refractivity (Wildman–Crippen MR) is 85.1 cm³/mol. The molecule has 0 aliphatic rings. The van der Waals surface area contributed by atoms with Gasteiger partial charge in [-0.05, 0) is 37.5 Å². The second kappa shape index (κ2) is 12.3. The Morgan fingerprint density at radius 2 is 1.71 bits per heavy atom. The van der Waals surface area contributed by atoms with Crippen LogP contribution in [0.5, 0.6) is 0 Å². The number of hydrogen-bond donors (Lipinski definition) is 0. The Kier molecular flexibility index (Phi) is 10.2. The van der Waals surface area contributed by atoms with Crippen molar-refractivity contribution in [3.05, 3.63) is 35.4 Å². The van der Waals surface area contributed by atoms with E-state index in [9.17, 15) is 9.59 Å². The summed E-state index contributed by atoms with van der Waals surface area (Å²) >= 11 is 0. The fourth-order valence-electron chi connectivity index (χ4n) is 1.86. The number of hydrogen-bond acceptors (Lipinski definition) is 7. The predicted octanol–water partition coefficient (Wildman–Crippen LogP) is 3.61. The van der Waals surface area contributed by atoms with Gasteiger partial charge < -0.3 is 9.47 Å². The van der Waals surface area contributed by atoms with Crippen LogP contribution < -0.4 is 0 Å². The molecule has 0 aliphatic carbocycles.